The maximum Gasteiger partial charge on any atom is 0.379 e. The lowest BCUT2D eigenvalue weighted by molar-refractivity contribution is -0.307. The Bertz CT molecular complexity index is 1480. The first-order chi connectivity index (χ1) is 23.0. The molecule has 5 rings (SSSR count). The molecular formula is C38H40F2O7. The molecule has 0 radical (unpaired) electrons. The minimum Gasteiger partial charge on any atom is -0.461 e. The van der Waals surface area contributed by atoms with Crippen molar-refractivity contribution in [3.05, 3.63) is 144 Å². The van der Waals surface area contributed by atoms with Crippen molar-refractivity contribution in [3.63, 3.8) is 0 Å². The van der Waals surface area contributed by atoms with Crippen LogP contribution < -0.4 is 0 Å². The van der Waals surface area contributed by atoms with E-state index in [0.717, 1.165) is 22.3 Å². The van der Waals surface area contributed by atoms with E-state index in [2.05, 4.69) is 0 Å². The number of hydrogen-bond acceptors (Lipinski definition) is 7. The Kier molecular flexibility index (Phi) is 12.6. The van der Waals surface area contributed by atoms with Crippen molar-refractivity contribution in [2.75, 3.05) is 13.2 Å². The molecule has 0 aromatic heterocycles. The predicted octanol–water partition coefficient (Wildman–Crippen LogP) is 6.93. The number of esters is 1. The molecule has 1 aliphatic heterocycles. The molecule has 1 saturated heterocycles. The van der Waals surface area contributed by atoms with Gasteiger partial charge in [0.05, 0.1) is 39.6 Å². The number of alkyl halides is 2. The first-order valence-electron chi connectivity index (χ1n) is 15.7. The highest BCUT2D eigenvalue weighted by molar-refractivity contribution is 5.78. The van der Waals surface area contributed by atoms with Gasteiger partial charge in [-0.3, -0.25) is 0 Å². The van der Waals surface area contributed by atoms with Gasteiger partial charge in [-0.15, -0.1) is 0 Å². The Morgan fingerprint density at radius 2 is 1.02 bits per heavy atom. The molecular weight excluding hydrogens is 606 g/mol. The Morgan fingerprint density at radius 1 is 0.617 bits per heavy atom. The van der Waals surface area contributed by atoms with Crippen molar-refractivity contribution in [1.29, 1.82) is 0 Å². The second-order valence-electron chi connectivity index (χ2n) is 11.2. The third-order valence-corrected chi connectivity index (χ3v) is 7.79. The van der Waals surface area contributed by atoms with E-state index in [1.54, 1.807) is 0 Å². The molecule has 0 aliphatic carbocycles. The molecule has 9 heteroatoms. The van der Waals surface area contributed by atoms with Gasteiger partial charge in [-0.05, 0) is 29.2 Å². The molecule has 1 unspecified atom stereocenters. The van der Waals surface area contributed by atoms with Crippen LogP contribution >= 0.6 is 0 Å². The molecule has 1 aliphatic rings. The zero-order valence-corrected chi connectivity index (χ0v) is 26.3. The summed E-state index contributed by atoms with van der Waals surface area (Å²) in [6.07, 6.45) is -6.54. The number of carbonyl (C=O) groups excluding carboxylic acids is 1. The molecule has 1 heterocycles. The first-order valence-corrected chi connectivity index (χ1v) is 15.7. The fraction of sp³-hybridized carbons (Fsp3) is 0.342. The van der Waals surface area contributed by atoms with Crippen molar-refractivity contribution in [1.82, 2.24) is 0 Å². The summed E-state index contributed by atoms with van der Waals surface area (Å²) >= 11 is 0. The molecule has 47 heavy (non-hydrogen) atoms. The van der Waals surface area contributed by atoms with Crippen LogP contribution in [-0.2, 0) is 59.6 Å². The van der Waals surface area contributed by atoms with E-state index in [1.165, 1.54) is 6.92 Å². The molecule has 4 aromatic carbocycles. The van der Waals surface area contributed by atoms with E-state index in [0.29, 0.717) is 0 Å². The maximum atomic E-state index is 16.1. The van der Waals surface area contributed by atoms with Crippen molar-refractivity contribution in [2.24, 2.45) is 0 Å². The minimum absolute atomic E-state index is 0.0317. The smallest absolute Gasteiger partial charge is 0.379 e. The molecule has 248 valence electrons. The first kappa shape index (κ1) is 34.3. The topological polar surface area (TPSA) is 72.5 Å². The zero-order chi connectivity index (χ0) is 32.9. The van der Waals surface area contributed by atoms with Gasteiger partial charge < -0.3 is 28.4 Å². The number of ether oxygens (including phenoxy) is 6. The number of hydrogen-bond donors (Lipinski definition) is 0. The van der Waals surface area contributed by atoms with Crippen LogP contribution in [0.4, 0.5) is 8.78 Å². The lowest BCUT2D eigenvalue weighted by Gasteiger charge is -2.47. The van der Waals surface area contributed by atoms with Crippen LogP contribution in [0.1, 0.15) is 29.2 Å². The Labute approximate surface area is 274 Å². The van der Waals surface area contributed by atoms with Gasteiger partial charge >= 0.3 is 11.9 Å². The fourth-order valence-electron chi connectivity index (χ4n) is 5.42. The number of halogens is 2. The quantitative estimate of drug-likeness (QED) is 0.122. The average molecular weight is 647 g/mol. The highest BCUT2D eigenvalue weighted by atomic mass is 19.3. The highest BCUT2D eigenvalue weighted by Gasteiger charge is 2.61. The summed E-state index contributed by atoms with van der Waals surface area (Å²) in [5.74, 6) is -5.78. The Hall–Kier alpha value is -3.99. The van der Waals surface area contributed by atoms with Gasteiger partial charge in [0.1, 0.15) is 24.4 Å². The zero-order valence-electron chi connectivity index (χ0n) is 26.3. The van der Waals surface area contributed by atoms with Gasteiger partial charge in [0.2, 0.25) is 0 Å². The van der Waals surface area contributed by atoms with E-state index in [4.69, 9.17) is 28.4 Å². The third-order valence-electron chi connectivity index (χ3n) is 7.79. The summed E-state index contributed by atoms with van der Waals surface area (Å²) < 4.78 is 68.4. The SMILES string of the molecule is CCOC(=O)C(F)(F)C1O[C@H](COCc2ccccc2)[C@@H](OCc2ccccc2)[C@@H](OCc2ccccc2)[C@@H]1OCc1ccccc1. The van der Waals surface area contributed by atoms with Crippen LogP contribution in [0.5, 0.6) is 0 Å². The molecule has 4 aromatic rings. The molecule has 5 atom stereocenters. The van der Waals surface area contributed by atoms with E-state index < -0.39 is 42.4 Å². The van der Waals surface area contributed by atoms with E-state index in [1.807, 2.05) is 121 Å². The monoisotopic (exact) mass is 646 g/mol. The molecule has 0 spiro atoms. The molecule has 1 fully saturated rings. The molecule has 0 saturated carbocycles. The van der Waals surface area contributed by atoms with E-state index in [9.17, 15) is 4.79 Å². The predicted molar refractivity (Wildman–Crippen MR) is 171 cm³/mol. The number of rotatable bonds is 16. The lowest BCUT2D eigenvalue weighted by Crippen LogP contribution is -2.66. The molecule has 0 amide bonds. The summed E-state index contributed by atoms with van der Waals surface area (Å²) in [7, 11) is 0. The highest BCUT2D eigenvalue weighted by Crippen LogP contribution is 2.38. The van der Waals surface area contributed by atoms with Crippen LogP contribution in [0.2, 0.25) is 0 Å². The van der Waals surface area contributed by atoms with Gasteiger partial charge in [-0.1, -0.05) is 121 Å². The van der Waals surface area contributed by atoms with Crippen LogP contribution in [0.15, 0.2) is 121 Å². The lowest BCUT2D eigenvalue weighted by atomic mass is 9.90. The summed E-state index contributed by atoms with van der Waals surface area (Å²) in [5, 5.41) is 0. The molecule has 0 N–H and O–H groups in total. The molecule has 0 bridgehead atoms. The van der Waals surface area contributed by atoms with Crippen LogP contribution in [0.25, 0.3) is 0 Å². The van der Waals surface area contributed by atoms with Gasteiger partial charge in [-0.25, -0.2) is 4.79 Å². The summed E-state index contributed by atoms with van der Waals surface area (Å²) in [4.78, 5) is 12.8. The third kappa shape index (κ3) is 9.53. The van der Waals surface area contributed by atoms with Gasteiger partial charge in [0, 0.05) is 0 Å². The Morgan fingerprint density at radius 3 is 1.47 bits per heavy atom. The van der Waals surface area contributed by atoms with Crippen LogP contribution in [-0.4, -0.2) is 55.6 Å². The van der Waals surface area contributed by atoms with Crippen molar-refractivity contribution in [3.8, 4) is 0 Å². The van der Waals surface area contributed by atoms with E-state index in [-0.39, 0.29) is 39.6 Å². The standard InChI is InChI=1S/C38H40F2O7/c1-2-43-37(41)38(39,40)36-35(46-26-31-21-13-6-14-22-31)34(45-25-30-19-11-5-12-20-30)33(44-24-29-17-9-4-10-18-29)32(47-36)27-42-23-28-15-7-3-8-16-28/h3-22,32-36H,2,23-27H2,1H3/t32-,33-,34-,35+,36?/m1/s1. The normalized spacial score (nSPS) is 21.3. The minimum atomic E-state index is -4.08. The number of benzene rings is 4. The van der Waals surface area contributed by atoms with Gasteiger partial charge in [0.25, 0.3) is 0 Å². The molecule has 7 nitrogen and oxygen atoms in total. The maximum absolute atomic E-state index is 16.1. The van der Waals surface area contributed by atoms with Gasteiger partial charge in [-0.2, -0.15) is 8.78 Å². The van der Waals surface area contributed by atoms with Crippen LogP contribution in [0.3, 0.4) is 0 Å². The van der Waals surface area contributed by atoms with Gasteiger partial charge in [0.15, 0.2) is 6.10 Å². The number of carbonyl (C=O) groups is 1. The van der Waals surface area contributed by atoms with Crippen molar-refractivity contribution in [2.45, 2.75) is 69.8 Å². The van der Waals surface area contributed by atoms with Crippen LogP contribution in [0, 0.1) is 0 Å². The second-order valence-corrected chi connectivity index (χ2v) is 11.2. The summed E-state index contributed by atoms with van der Waals surface area (Å²) in [5.41, 5.74) is 3.36. The van der Waals surface area contributed by atoms with Crippen molar-refractivity contribution < 1.29 is 42.0 Å². The summed E-state index contributed by atoms with van der Waals surface area (Å²) in [6, 6.07) is 37.5. The largest absolute Gasteiger partial charge is 0.461 e. The Balaban J connectivity index is 1.50. The average Bonchev–Trinajstić information content (AvgIpc) is 3.11. The summed E-state index contributed by atoms with van der Waals surface area (Å²) in [6.45, 7) is 1.55. The van der Waals surface area contributed by atoms with E-state index >= 15 is 8.78 Å². The van der Waals surface area contributed by atoms with Crippen molar-refractivity contribution >= 4 is 5.97 Å². The fourth-order valence-corrected chi connectivity index (χ4v) is 5.42. The second kappa shape index (κ2) is 17.2.